The van der Waals surface area contributed by atoms with Crippen molar-refractivity contribution in [2.45, 2.75) is 26.4 Å². The zero-order valence-corrected chi connectivity index (χ0v) is 20.7. The van der Waals surface area contributed by atoms with Gasteiger partial charge in [0.1, 0.15) is 11.8 Å². The highest BCUT2D eigenvalue weighted by Crippen LogP contribution is 2.25. The van der Waals surface area contributed by atoms with Crippen molar-refractivity contribution in [3.63, 3.8) is 0 Å². The van der Waals surface area contributed by atoms with Crippen molar-refractivity contribution in [1.82, 2.24) is 10.2 Å². The second-order valence-corrected chi connectivity index (χ2v) is 8.34. The quantitative estimate of drug-likeness (QED) is 0.265. The van der Waals surface area contributed by atoms with E-state index in [0.717, 1.165) is 4.90 Å². The number of benzene rings is 3. The van der Waals surface area contributed by atoms with Gasteiger partial charge in [0.05, 0.1) is 17.7 Å². The molecule has 1 unspecified atom stereocenters. The topological polar surface area (TPSA) is 131 Å². The van der Waals surface area contributed by atoms with E-state index in [9.17, 15) is 24.0 Å². The Morgan fingerprint density at radius 2 is 1.47 bits per heavy atom. The number of hydrogen-bond acceptors (Lipinski definition) is 7. The molecular formula is C28H25N3O7. The Bertz CT molecular complexity index is 1370. The molecule has 10 nitrogen and oxygen atoms in total. The predicted octanol–water partition coefficient (Wildman–Crippen LogP) is 3.78. The molecule has 1 atom stereocenters. The minimum atomic E-state index is -1.06. The third-order valence-electron chi connectivity index (χ3n) is 5.89. The largest absolute Gasteiger partial charge is 0.513 e. The van der Waals surface area contributed by atoms with Crippen LogP contribution in [0.5, 0.6) is 5.75 Å². The lowest BCUT2D eigenvalue weighted by Gasteiger charge is -2.22. The number of carbonyl (C=O) groups is 5. The minimum Gasteiger partial charge on any atom is -0.434 e. The van der Waals surface area contributed by atoms with E-state index in [1.165, 1.54) is 31.2 Å². The van der Waals surface area contributed by atoms with Gasteiger partial charge in [-0.2, -0.15) is 0 Å². The van der Waals surface area contributed by atoms with Crippen molar-refractivity contribution >= 4 is 35.5 Å². The Kier molecular flexibility index (Phi) is 7.81. The fourth-order valence-electron chi connectivity index (χ4n) is 3.91. The Hall–Kier alpha value is -4.99. The van der Waals surface area contributed by atoms with Crippen LogP contribution in [0.2, 0.25) is 0 Å². The Morgan fingerprint density at radius 1 is 0.868 bits per heavy atom. The number of amides is 4. The molecule has 0 radical (unpaired) electrons. The van der Waals surface area contributed by atoms with Crippen LogP contribution in [-0.4, -0.2) is 47.3 Å². The molecule has 10 heteroatoms. The first-order valence-corrected chi connectivity index (χ1v) is 11.9. The van der Waals surface area contributed by atoms with Crippen LogP contribution in [0.15, 0.2) is 72.8 Å². The molecule has 4 amide bonds. The summed E-state index contributed by atoms with van der Waals surface area (Å²) in [6.45, 7) is 3.42. The highest BCUT2D eigenvalue weighted by atomic mass is 16.7. The van der Waals surface area contributed by atoms with Gasteiger partial charge in [-0.1, -0.05) is 30.3 Å². The van der Waals surface area contributed by atoms with E-state index in [1.54, 1.807) is 55.5 Å². The molecule has 1 aliphatic rings. The van der Waals surface area contributed by atoms with Crippen molar-refractivity contribution in [3.8, 4) is 5.75 Å². The number of fused-ring (bicyclic) bond motifs is 1. The average Bonchev–Trinajstić information content (AvgIpc) is 3.17. The molecule has 0 fully saturated rings. The van der Waals surface area contributed by atoms with E-state index in [1.807, 2.05) is 0 Å². The van der Waals surface area contributed by atoms with Crippen LogP contribution in [0.1, 0.15) is 50.5 Å². The third-order valence-corrected chi connectivity index (χ3v) is 5.89. The van der Waals surface area contributed by atoms with Crippen LogP contribution in [0.4, 0.5) is 10.5 Å². The lowest BCUT2D eigenvalue weighted by Crippen LogP contribution is -2.45. The van der Waals surface area contributed by atoms with Gasteiger partial charge >= 0.3 is 6.16 Å². The number of para-hydroxylation sites is 1. The van der Waals surface area contributed by atoms with Gasteiger partial charge in [-0.15, -0.1) is 0 Å². The standard InChI is InChI=1S/C28H25N3O7/c1-3-37-28(36)38-20-14-12-18(13-15-20)25(33)29-16-19-8-4-7-11-23(19)30-24(32)17(2)31-26(34)21-9-5-6-10-22(21)27(31)35/h4-15,17H,3,16H2,1-2H3,(H,29,33)(H,30,32). The van der Waals surface area contributed by atoms with Crippen molar-refractivity contribution in [3.05, 3.63) is 95.1 Å². The van der Waals surface area contributed by atoms with Crippen molar-refractivity contribution in [1.29, 1.82) is 0 Å². The molecule has 1 aliphatic heterocycles. The molecule has 0 saturated heterocycles. The van der Waals surface area contributed by atoms with Crippen LogP contribution in [0, 0.1) is 0 Å². The summed E-state index contributed by atoms with van der Waals surface area (Å²) in [5.74, 6) is -1.73. The second kappa shape index (κ2) is 11.4. The smallest absolute Gasteiger partial charge is 0.434 e. The van der Waals surface area contributed by atoms with Gasteiger partial charge in [0.25, 0.3) is 17.7 Å². The van der Waals surface area contributed by atoms with E-state index in [2.05, 4.69) is 10.6 Å². The third kappa shape index (κ3) is 5.54. The van der Waals surface area contributed by atoms with Crippen molar-refractivity contribution in [2.75, 3.05) is 11.9 Å². The molecule has 0 spiro atoms. The van der Waals surface area contributed by atoms with Gasteiger partial charge in [-0.3, -0.25) is 24.1 Å². The predicted molar refractivity (Wildman–Crippen MR) is 137 cm³/mol. The normalized spacial score (nSPS) is 12.9. The lowest BCUT2D eigenvalue weighted by molar-refractivity contribution is -0.119. The highest BCUT2D eigenvalue weighted by Gasteiger charge is 2.40. The van der Waals surface area contributed by atoms with Gasteiger partial charge in [0, 0.05) is 17.8 Å². The van der Waals surface area contributed by atoms with Gasteiger partial charge in [-0.05, 0) is 61.9 Å². The number of hydrogen-bond donors (Lipinski definition) is 2. The summed E-state index contributed by atoms with van der Waals surface area (Å²) in [7, 11) is 0. The zero-order chi connectivity index (χ0) is 27.2. The first-order chi connectivity index (χ1) is 18.3. The maximum Gasteiger partial charge on any atom is 0.513 e. The molecule has 0 aromatic heterocycles. The first kappa shape index (κ1) is 26.1. The summed E-state index contributed by atoms with van der Waals surface area (Å²) in [4.78, 5) is 63.5. The number of nitrogens with zero attached hydrogens (tertiary/aromatic N) is 1. The number of imide groups is 1. The summed E-state index contributed by atoms with van der Waals surface area (Å²) in [6.07, 6.45) is -0.833. The van der Waals surface area contributed by atoms with Crippen LogP contribution in [0.3, 0.4) is 0 Å². The maximum atomic E-state index is 13.0. The Morgan fingerprint density at radius 3 is 2.11 bits per heavy atom. The maximum absolute atomic E-state index is 13.0. The van der Waals surface area contributed by atoms with E-state index in [4.69, 9.17) is 9.47 Å². The average molecular weight is 516 g/mol. The van der Waals surface area contributed by atoms with Gasteiger partial charge in [-0.25, -0.2) is 4.79 Å². The molecule has 1 heterocycles. The van der Waals surface area contributed by atoms with E-state index in [-0.39, 0.29) is 35.9 Å². The summed E-state index contributed by atoms with van der Waals surface area (Å²) >= 11 is 0. The SMILES string of the molecule is CCOC(=O)Oc1ccc(C(=O)NCc2ccccc2NC(=O)C(C)N2C(=O)c3ccccc3C2=O)cc1. The molecule has 3 aromatic rings. The van der Waals surface area contributed by atoms with E-state index < -0.39 is 29.9 Å². The number of ether oxygens (including phenoxy) is 2. The van der Waals surface area contributed by atoms with Crippen molar-refractivity contribution < 1.29 is 33.4 Å². The number of nitrogens with one attached hydrogen (secondary N) is 2. The molecule has 0 bridgehead atoms. The van der Waals surface area contributed by atoms with Crippen LogP contribution in [0.25, 0.3) is 0 Å². The number of carbonyl (C=O) groups excluding carboxylic acids is 5. The van der Waals surface area contributed by atoms with Crippen LogP contribution in [-0.2, 0) is 16.1 Å². The van der Waals surface area contributed by atoms with Crippen LogP contribution >= 0.6 is 0 Å². The van der Waals surface area contributed by atoms with Crippen LogP contribution < -0.4 is 15.4 Å². The van der Waals surface area contributed by atoms with E-state index >= 15 is 0 Å². The molecule has 0 aliphatic carbocycles. The van der Waals surface area contributed by atoms with Gasteiger partial charge < -0.3 is 20.1 Å². The monoisotopic (exact) mass is 515 g/mol. The molecule has 4 rings (SSSR count). The highest BCUT2D eigenvalue weighted by molar-refractivity contribution is 6.23. The van der Waals surface area contributed by atoms with E-state index in [0.29, 0.717) is 16.8 Å². The minimum absolute atomic E-state index is 0.0950. The fourth-order valence-corrected chi connectivity index (χ4v) is 3.91. The lowest BCUT2D eigenvalue weighted by atomic mass is 10.1. The summed E-state index contributed by atoms with van der Waals surface area (Å²) in [5.41, 5.74) is 1.91. The zero-order valence-electron chi connectivity index (χ0n) is 20.7. The summed E-state index contributed by atoms with van der Waals surface area (Å²) in [6, 6.07) is 18.2. The molecule has 194 valence electrons. The van der Waals surface area contributed by atoms with Gasteiger partial charge in [0.15, 0.2) is 0 Å². The molecule has 2 N–H and O–H groups in total. The molecule has 3 aromatic carbocycles. The molecular weight excluding hydrogens is 490 g/mol. The fraction of sp³-hybridized carbons (Fsp3) is 0.179. The van der Waals surface area contributed by atoms with Crippen molar-refractivity contribution in [2.24, 2.45) is 0 Å². The Balaban J connectivity index is 1.38. The molecule has 38 heavy (non-hydrogen) atoms. The van der Waals surface area contributed by atoms with Gasteiger partial charge in [0.2, 0.25) is 5.91 Å². The number of rotatable bonds is 8. The summed E-state index contributed by atoms with van der Waals surface area (Å²) < 4.78 is 9.69. The first-order valence-electron chi connectivity index (χ1n) is 11.9. The number of anilines is 1. The second-order valence-electron chi connectivity index (χ2n) is 8.34. The Labute approximate surface area is 218 Å². The summed E-state index contributed by atoms with van der Waals surface area (Å²) in [5, 5.41) is 5.54. The molecule has 0 saturated carbocycles.